The van der Waals surface area contributed by atoms with E-state index in [9.17, 15) is 10.1 Å². The van der Waals surface area contributed by atoms with Crippen LogP contribution in [0.2, 0.25) is 0 Å². The molecule has 0 aliphatic carbocycles. The molecule has 2 aromatic carbocycles. The highest BCUT2D eigenvalue weighted by Gasteiger charge is 2.20. The molecule has 0 atom stereocenters. The molecular weight excluding hydrogens is 350 g/mol. The number of nitriles is 1. The summed E-state index contributed by atoms with van der Waals surface area (Å²) in [7, 11) is 0. The molecule has 28 heavy (non-hydrogen) atoms. The summed E-state index contributed by atoms with van der Waals surface area (Å²) in [4.78, 5) is 14.5. The predicted molar refractivity (Wildman–Crippen MR) is 109 cm³/mol. The van der Waals surface area contributed by atoms with Gasteiger partial charge in [0, 0.05) is 36.1 Å². The van der Waals surface area contributed by atoms with E-state index in [4.69, 9.17) is 4.74 Å². The molecule has 0 unspecified atom stereocenters. The Balaban J connectivity index is 1.76. The van der Waals surface area contributed by atoms with Gasteiger partial charge in [0.2, 0.25) is 0 Å². The number of nitrogens with zero attached hydrogens (tertiary/aromatic N) is 3. The van der Waals surface area contributed by atoms with Gasteiger partial charge in [-0.25, -0.2) is 0 Å². The maximum Gasteiger partial charge on any atom is 0.254 e. The minimum Gasteiger partial charge on any atom is -0.378 e. The van der Waals surface area contributed by atoms with E-state index in [2.05, 4.69) is 35.8 Å². The molecule has 1 aromatic heterocycles. The van der Waals surface area contributed by atoms with E-state index < -0.39 is 0 Å². The molecular formula is C23H23N3O2. The smallest absolute Gasteiger partial charge is 0.254 e. The van der Waals surface area contributed by atoms with E-state index in [0.29, 0.717) is 37.4 Å². The van der Waals surface area contributed by atoms with Gasteiger partial charge in [-0.15, -0.1) is 0 Å². The van der Waals surface area contributed by atoms with Crippen LogP contribution >= 0.6 is 0 Å². The second-order valence-corrected chi connectivity index (χ2v) is 7.08. The molecule has 0 N–H and O–H groups in total. The van der Waals surface area contributed by atoms with Gasteiger partial charge >= 0.3 is 0 Å². The quantitative estimate of drug-likeness (QED) is 0.698. The molecule has 0 radical (unpaired) electrons. The molecule has 1 fully saturated rings. The van der Waals surface area contributed by atoms with Crippen molar-refractivity contribution in [3.8, 4) is 17.3 Å². The lowest BCUT2D eigenvalue weighted by molar-refractivity contribution is 0.0303. The van der Waals surface area contributed by atoms with Crippen molar-refractivity contribution in [3.63, 3.8) is 0 Å². The van der Waals surface area contributed by atoms with E-state index in [1.165, 1.54) is 0 Å². The molecule has 0 bridgehead atoms. The van der Waals surface area contributed by atoms with Crippen molar-refractivity contribution >= 4 is 16.8 Å². The summed E-state index contributed by atoms with van der Waals surface area (Å²) in [6.07, 6.45) is 0. The Kier molecular flexibility index (Phi) is 4.89. The standard InChI is InChI=1S/C23H23N3O2/c1-3-26-21-9-4-16(2)14-19(21)20(15-24)22(26)17-5-7-18(8-6-17)23(27)25-10-12-28-13-11-25/h4-9,14H,3,10-13H2,1-2H3. The maximum atomic E-state index is 12.7. The molecule has 1 saturated heterocycles. The Bertz CT molecular complexity index is 1070. The van der Waals surface area contributed by atoms with Crippen LogP contribution in [0.3, 0.4) is 0 Å². The molecule has 3 aromatic rings. The molecule has 0 spiro atoms. The van der Waals surface area contributed by atoms with Crippen molar-refractivity contribution in [2.24, 2.45) is 0 Å². The SMILES string of the molecule is CCn1c(-c2ccc(C(=O)N3CCOCC3)cc2)c(C#N)c2cc(C)ccc21. The minimum absolute atomic E-state index is 0.0296. The predicted octanol–water partition coefficient (Wildman–Crippen LogP) is 3.98. The zero-order valence-corrected chi connectivity index (χ0v) is 16.2. The highest BCUT2D eigenvalue weighted by molar-refractivity contribution is 5.97. The van der Waals surface area contributed by atoms with E-state index >= 15 is 0 Å². The van der Waals surface area contributed by atoms with Crippen molar-refractivity contribution in [2.45, 2.75) is 20.4 Å². The van der Waals surface area contributed by atoms with Crippen LogP contribution in [0.1, 0.15) is 28.4 Å². The van der Waals surface area contributed by atoms with Gasteiger partial charge in [-0.1, -0.05) is 23.8 Å². The molecule has 0 saturated carbocycles. The summed E-state index contributed by atoms with van der Waals surface area (Å²) in [5, 5.41) is 10.8. The van der Waals surface area contributed by atoms with E-state index in [1.54, 1.807) is 0 Å². The summed E-state index contributed by atoms with van der Waals surface area (Å²) in [5.41, 5.74) is 5.41. The molecule has 4 rings (SSSR count). The Morgan fingerprint density at radius 1 is 1.14 bits per heavy atom. The monoisotopic (exact) mass is 373 g/mol. The molecule has 2 heterocycles. The number of amides is 1. The lowest BCUT2D eigenvalue weighted by Crippen LogP contribution is -2.40. The number of fused-ring (bicyclic) bond motifs is 1. The van der Waals surface area contributed by atoms with Crippen LogP contribution < -0.4 is 0 Å². The van der Waals surface area contributed by atoms with Gasteiger partial charge in [0.1, 0.15) is 6.07 Å². The fourth-order valence-electron chi connectivity index (χ4n) is 3.93. The Morgan fingerprint density at radius 3 is 2.50 bits per heavy atom. The van der Waals surface area contributed by atoms with Gasteiger partial charge in [-0.05, 0) is 43.7 Å². The van der Waals surface area contributed by atoms with Crippen molar-refractivity contribution in [1.82, 2.24) is 9.47 Å². The molecule has 142 valence electrons. The van der Waals surface area contributed by atoms with E-state index in [1.807, 2.05) is 36.1 Å². The zero-order valence-electron chi connectivity index (χ0n) is 16.2. The third-order valence-corrected chi connectivity index (χ3v) is 5.35. The highest BCUT2D eigenvalue weighted by atomic mass is 16.5. The lowest BCUT2D eigenvalue weighted by Gasteiger charge is -2.26. The van der Waals surface area contributed by atoms with Crippen molar-refractivity contribution < 1.29 is 9.53 Å². The molecule has 5 nitrogen and oxygen atoms in total. The number of carbonyl (C=O) groups is 1. The number of ether oxygens (including phenoxy) is 1. The fourth-order valence-corrected chi connectivity index (χ4v) is 3.93. The van der Waals surface area contributed by atoms with E-state index in [-0.39, 0.29) is 5.91 Å². The second-order valence-electron chi connectivity index (χ2n) is 7.08. The van der Waals surface area contributed by atoms with Crippen LogP contribution in [-0.4, -0.2) is 41.7 Å². The summed E-state index contributed by atoms with van der Waals surface area (Å²) < 4.78 is 7.50. The second kappa shape index (κ2) is 7.49. The van der Waals surface area contributed by atoms with Crippen LogP contribution in [-0.2, 0) is 11.3 Å². The van der Waals surface area contributed by atoms with Crippen LogP contribution in [0.15, 0.2) is 42.5 Å². The summed E-state index contributed by atoms with van der Waals surface area (Å²) in [5.74, 6) is 0.0296. The maximum absolute atomic E-state index is 12.7. The molecule has 5 heteroatoms. The molecule has 1 amide bonds. The first-order valence-corrected chi connectivity index (χ1v) is 9.64. The number of hydrogen-bond donors (Lipinski definition) is 0. The summed E-state index contributed by atoms with van der Waals surface area (Å²) >= 11 is 0. The minimum atomic E-state index is 0.0296. The third-order valence-electron chi connectivity index (χ3n) is 5.35. The Hall–Kier alpha value is -3.10. The average Bonchev–Trinajstić information content (AvgIpc) is 3.06. The Labute approximate surface area is 164 Å². The van der Waals surface area contributed by atoms with Crippen LogP contribution in [0.25, 0.3) is 22.2 Å². The van der Waals surface area contributed by atoms with E-state index in [0.717, 1.165) is 34.3 Å². The molecule has 1 aliphatic rings. The first-order valence-electron chi connectivity index (χ1n) is 9.64. The average molecular weight is 373 g/mol. The van der Waals surface area contributed by atoms with Crippen molar-refractivity contribution in [3.05, 3.63) is 59.2 Å². The summed E-state index contributed by atoms with van der Waals surface area (Å²) in [6, 6.07) is 16.2. The molecule has 1 aliphatic heterocycles. The van der Waals surface area contributed by atoms with Gasteiger partial charge in [-0.3, -0.25) is 4.79 Å². The van der Waals surface area contributed by atoms with Gasteiger partial charge < -0.3 is 14.2 Å². The zero-order chi connectivity index (χ0) is 19.7. The number of benzene rings is 2. The van der Waals surface area contributed by atoms with Crippen molar-refractivity contribution in [1.29, 1.82) is 5.26 Å². The number of aromatic nitrogens is 1. The van der Waals surface area contributed by atoms with Crippen molar-refractivity contribution in [2.75, 3.05) is 26.3 Å². The number of morpholine rings is 1. The number of aryl methyl sites for hydroxylation is 2. The van der Waals surface area contributed by atoms with Gasteiger partial charge in [0.15, 0.2) is 0 Å². The third kappa shape index (κ3) is 3.06. The first kappa shape index (κ1) is 18.3. The normalized spacial score (nSPS) is 14.2. The number of hydrogen-bond acceptors (Lipinski definition) is 3. The van der Waals surface area contributed by atoms with Gasteiger partial charge in [-0.2, -0.15) is 5.26 Å². The van der Waals surface area contributed by atoms with Crippen LogP contribution in [0.4, 0.5) is 0 Å². The number of carbonyl (C=O) groups excluding carboxylic acids is 1. The van der Waals surface area contributed by atoms with Crippen LogP contribution in [0, 0.1) is 18.3 Å². The highest BCUT2D eigenvalue weighted by Crippen LogP contribution is 2.34. The van der Waals surface area contributed by atoms with Crippen LogP contribution in [0.5, 0.6) is 0 Å². The topological polar surface area (TPSA) is 58.3 Å². The number of rotatable bonds is 3. The Morgan fingerprint density at radius 2 is 1.86 bits per heavy atom. The van der Waals surface area contributed by atoms with Gasteiger partial charge in [0.05, 0.1) is 24.5 Å². The largest absolute Gasteiger partial charge is 0.378 e. The summed E-state index contributed by atoms with van der Waals surface area (Å²) in [6.45, 7) is 7.32. The lowest BCUT2D eigenvalue weighted by atomic mass is 10.0. The first-order chi connectivity index (χ1) is 13.6. The van der Waals surface area contributed by atoms with Gasteiger partial charge in [0.25, 0.3) is 5.91 Å². The fraction of sp³-hybridized carbons (Fsp3) is 0.304.